The molecule has 30 heavy (non-hydrogen) atoms. The van der Waals surface area contributed by atoms with Crippen LogP contribution in [0.15, 0.2) is 82.6 Å². The lowest BCUT2D eigenvalue weighted by Gasteiger charge is -2.18. The molecule has 1 N–H and O–H groups in total. The summed E-state index contributed by atoms with van der Waals surface area (Å²) in [5.41, 5.74) is 3.86. The first-order valence-corrected chi connectivity index (χ1v) is 10.8. The normalized spacial score (nSPS) is 16.0. The molecule has 0 aliphatic carbocycles. The molecule has 0 bridgehead atoms. The van der Waals surface area contributed by atoms with Crippen LogP contribution in [0.4, 0.5) is 11.4 Å². The molecule has 5 heteroatoms. The summed E-state index contributed by atoms with van der Waals surface area (Å²) in [6.45, 7) is 4.44. The zero-order chi connectivity index (χ0) is 21.1. The van der Waals surface area contributed by atoms with Crippen LogP contribution in [0.1, 0.15) is 17.5 Å². The Morgan fingerprint density at radius 2 is 1.63 bits per heavy atom. The Bertz CT molecular complexity index is 1060. The number of benzene rings is 3. The molecule has 4 nitrogen and oxygen atoms in total. The van der Waals surface area contributed by atoms with Crippen molar-refractivity contribution in [3.05, 3.63) is 83.9 Å². The van der Waals surface area contributed by atoms with Crippen LogP contribution < -0.4 is 10.2 Å². The molecule has 0 saturated carbocycles. The SMILES string of the molecule is Cc1cc(C)cc(N2CC(C(=O)Nc3ccccc3Sc3ccccc3)CC2=O)c1. The number of hydrogen-bond donors (Lipinski definition) is 1. The minimum Gasteiger partial charge on any atom is -0.325 e. The van der Waals surface area contributed by atoms with Gasteiger partial charge in [0.05, 0.1) is 11.6 Å². The van der Waals surface area contributed by atoms with E-state index < -0.39 is 0 Å². The molecular weight excluding hydrogens is 392 g/mol. The Hall–Kier alpha value is -3.05. The van der Waals surface area contributed by atoms with E-state index in [0.29, 0.717) is 6.54 Å². The minimum atomic E-state index is -0.368. The molecular formula is C25H24N2O2S. The first-order valence-electron chi connectivity index (χ1n) is 10.0. The molecule has 0 spiro atoms. The first-order chi connectivity index (χ1) is 14.5. The van der Waals surface area contributed by atoms with E-state index >= 15 is 0 Å². The predicted octanol–water partition coefficient (Wildman–Crippen LogP) is 5.45. The lowest BCUT2D eigenvalue weighted by molar-refractivity contribution is -0.122. The van der Waals surface area contributed by atoms with Crippen LogP contribution in [0.5, 0.6) is 0 Å². The lowest BCUT2D eigenvalue weighted by atomic mass is 10.1. The summed E-state index contributed by atoms with van der Waals surface area (Å²) in [4.78, 5) is 29.4. The standard InChI is InChI=1S/C25H24N2O2S/c1-17-12-18(2)14-20(13-17)27-16-19(15-24(27)28)25(29)26-22-10-6-7-11-23(22)30-21-8-4-3-5-9-21/h3-14,19H,15-16H2,1-2H3,(H,26,29). The van der Waals surface area contributed by atoms with Gasteiger partial charge in [-0.25, -0.2) is 0 Å². The van der Waals surface area contributed by atoms with Crippen molar-refractivity contribution in [2.24, 2.45) is 5.92 Å². The van der Waals surface area contributed by atoms with Crippen molar-refractivity contribution in [3.8, 4) is 0 Å². The molecule has 0 aromatic heterocycles. The van der Waals surface area contributed by atoms with Crippen molar-refractivity contribution in [1.29, 1.82) is 0 Å². The zero-order valence-electron chi connectivity index (χ0n) is 17.1. The Morgan fingerprint density at radius 1 is 0.967 bits per heavy atom. The highest BCUT2D eigenvalue weighted by Crippen LogP contribution is 2.34. The van der Waals surface area contributed by atoms with Gasteiger partial charge in [-0.1, -0.05) is 48.2 Å². The molecule has 0 radical (unpaired) electrons. The van der Waals surface area contributed by atoms with E-state index in [1.54, 1.807) is 16.7 Å². The van der Waals surface area contributed by atoms with E-state index in [0.717, 1.165) is 32.3 Å². The van der Waals surface area contributed by atoms with Crippen molar-refractivity contribution in [2.45, 2.75) is 30.1 Å². The van der Waals surface area contributed by atoms with Crippen molar-refractivity contribution in [1.82, 2.24) is 0 Å². The van der Waals surface area contributed by atoms with Crippen LogP contribution >= 0.6 is 11.8 Å². The maximum absolute atomic E-state index is 13.0. The highest BCUT2D eigenvalue weighted by Gasteiger charge is 2.35. The van der Waals surface area contributed by atoms with Crippen LogP contribution in [0.2, 0.25) is 0 Å². The Morgan fingerprint density at radius 3 is 2.37 bits per heavy atom. The number of rotatable bonds is 5. The molecule has 1 fully saturated rings. The number of nitrogens with one attached hydrogen (secondary N) is 1. The Balaban J connectivity index is 1.48. The summed E-state index contributed by atoms with van der Waals surface area (Å²) in [5, 5.41) is 3.05. The van der Waals surface area contributed by atoms with Crippen molar-refractivity contribution in [2.75, 3.05) is 16.8 Å². The fraction of sp³-hybridized carbons (Fsp3) is 0.200. The second-order valence-electron chi connectivity index (χ2n) is 7.65. The third-order valence-electron chi connectivity index (χ3n) is 5.13. The highest BCUT2D eigenvalue weighted by molar-refractivity contribution is 7.99. The van der Waals surface area contributed by atoms with Gasteiger partial charge in [-0.15, -0.1) is 0 Å². The number of carbonyl (C=O) groups excluding carboxylic acids is 2. The van der Waals surface area contributed by atoms with Crippen molar-refractivity contribution >= 4 is 35.0 Å². The van der Waals surface area contributed by atoms with Crippen LogP contribution in [-0.4, -0.2) is 18.4 Å². The number of anilines is 2. The first kappa shape index (κ1) is 20.2. The van der Waals surface area contributed by atoms with E-state index in [2.05, 4.69) is 11.4 Å². The van der Waals surface area contributed by atoms with E-state index in [1.807, 2.05) is 80.6 Å². The molecule has 1 unspecified atom stereocenters. The third-order valence-corrected chi connectivity index (χ3v) is 6.21. The summed E-state index contributed by atoms with van der Waals surface area (Å²) in [6.07, 6.45) is 0.229. The van der Waals surface area contributed by atoms with Crippen LogP contribution in [0.3, 0.4) is 0 Å². The average molecular weight is 417 g/mol. The number of hydrogen-bond acceptors (Lipinski definition) is 3. The molecule has 1 aliphatic heterocycles. The van der Waals surface area contributed by atoms with Gasteiger partial charge in [0, 0.05) is 28.4 Å². The summed E-state index contributed by atoms with van der Waals surface area (Å²) in [6, 6.07) is 23.9. The van der Waals surface area contributed by atoms with E-state index in [4.69, 9.17) is 0 Å². The van der Waals surface area contributed by atoms with E-state index in [9.17, 15) is 9.59 Å². The molecule has 1 heterocycles. The Labute approximate surface area is 181 Å². The molecule has 3 aromatic rings. The van der Waals surface area contributed by atoms with Gasteiger partial charge in [-0.3, -0.25) is 9.59 Å². The van der Waals surface area contributed by atoms with Gasteiger partial charge in [0.2, 0.25) is 11.8 Å². The quantitative estimate of drug-likeness (QED) is 0.602. The number of para-hydroxylation sites is 1. The van der Waals surface area contributed by atoms with Crippen LogP contribution in [0.25, 0.3) is 0 Å². The Kier molecular flexibility index (Phi) is 5.91. The monoisotopic (exact) mass is 416 g/mol. The summed E-state index contributed by atoms with van der Waals surface area (Å²) in [5.74, 6) is -0.489. The second kappa shape index (κ2) is 8.76. The fourth-order valence-electron chi connectivity index (χ4n) is 3.75. The third kappa shape index (κ3) is 4.57. The van der Waals surface area contributed by atoms with Crippen molar-refractivity contribution < 1.29 is 9.59 Å². The number of carbonyl (C=O) groups is 2. The van der Waals surface area contributed by atoms with Crippen LogP contribution in [-0.2, 0) is 9.59 Å². The van der Waals surface area contributed by atoms with Gasteiger partial charge in [0.25, 0.3) is 0 Å². The van der Waals surface area contributed by atoms with Gasteiger partial charge in [0.15, 0.2) is 0 Å². The van der Waals surface area contributed by atoms with Gasteiger partial charge < -0.3 is 10.2 Å². The largest absolute Gasteiger partial charge is 0.325 e. The number of nitrogens with zero attached hydrogens (tertiary/aromatic N) is 1. The molecule has 3 aromatic carbocycles. The zero-order valence-corrected chi connectivity index (χ0v) is 17.9. The fourth-order valence-corrected chi connectivity index (χ4v) is 4.67. The summed E-state index contributed by atoms with van der Waals surface area (Å²) >= 11 is 1.61. The summed E-state index contributed by atoms with van der Waals surface area (Å²) < 4.78 is 0. The van der Waals surface area contributed by atoms with E-state index in [1.165, 1.54) is 0 Å². The minimum absolute atomic E-state index is 0.00732. The van der Waals surface area contributed by atoms with Crippen molar-refractivity contribution in [3.63, 3.8) is 0 Å². The average Bonchev–Trinajstić information content (AvgIpc) is 3.11. The van der Waals surface area contributed by atoms with Gasteiger partial charge in [-0.2, -0.15) is 0 Å². The molecule has 2 amide bonds. The highest BCUT2D eigenvalue weighted by atomic mass is 32.2. The number of aryl methyl sites for hydroxylation is 2. The molecule has 1 atom stereocenters. The smallest absolute Gasteiger partial charge is 0.229 e. The van der Waals surface area contributed by atoms with Crippen LogP contribution in [0, 0.1) is 19.8 Å². The molecule has 4 rings (SSSR count). The predicted molar refractivity (Wildman–Crippen MR) is 122 cm³/mol. The topological polar surface area (TPSA) is 49.4 Å². The van der Waals surface area contributed by atoms with E-state index in [-0.39, 0.29) is 24.2 Å². The molecule has 152 valence electrons. The maximum Gasteiger partial charge on any atom is 0.229 e. The van der Waals surface area contributed by atoms with Gasteiger partial charge in [0.1, 0.15) is 0 Å². The summed E-state index contributed by atoms with van der Waals surface area (Å²) in [7, 11) is 0. The second-order valence-corrected chi connectivity index (χ2v) is 8.77. The number of amides is 2. The molecule has 1 saturated heterocycles. The van der Waals surface area contributed by atoms with Gasteiger partial charge >= 0.3 is 0 Å². The van der Waals surface area contributed by atoms with Gasteiger partial charge in [-0.05, 0) is 61.4 Å². The molecule has 1 aliphatic rings. The lowest BCUT2D eigenvalue weighted by Crippen LogP contribution is -2.28. The maximum atomic E-state index is 13.0.